The molecule has 0 saturated heterocycles. The van der Waals surface area contributed by atoms with E-state index in [1.165, 1.54) is 18.2 Å². The fourth-order valence-corrected chi connectivity index (χ4v) is 2.20. The van der Waals surface area contributed by atoms with E-state index in [4.69, 9.17) is 11.6 Å². The number of amides is 1. The number of aromatic nitrogens is 2. The Hall–Kier alpha value is -1.53. The predicted molar refractivity (Wildman–Crippen MR) is 68.7 cm³/mol. The molecular weight excluding hydrogens is 277 g/mol. The van der Waals surface area contributed by atoms with E-state index in [9.17, 15) is 9.18 Å². The lowest BCUT2D eigenvalue weighted by Crippen LogP contribution is -2.12. The average molecular weight is 286 g/mol. The van der Waals surface area contributed by atoms with E-state index in [0.29, 0.717) is 22.7 Å². The van der Waals surface area contributed by atoms with Crippen LogP contribution in [-0.4, -0.2) is 15.5 Å². The lowest BCUT2D eigenvalue weighted by Gasteiger charge is -2.04. The molecule has 1 aromatic carbocycles. The van der Waals surface area contributed by atoms with Crippen molar-refractivity contribution in [1.82, 2.24) is 9.59 Å². The summed E-state index contributed by atoms with van der Waals surface area (Å²) in [6, 6.07) is 4.00. The summed E-state index contributed by atoms with van der Waals surface area (Å²) in [7, 11) is 0. The Kier molecular flexibility index (Phi) is 3.88. The molecule has 7 heteroatoms. The number of carbonyl (C=O) groups excluding carboxylic acids is 1. The molecule has 0 radical (unpaired) electrons. The molecule has 0 aliphatic heterocycles. The highest BCUT2D eigenvalue weighted by molar-refractivity contribution is 7.08. The molecule has 2 aromatic rings. The largest absolute Gasteiger partial charge is 0.321 e. The van der Waals surface area contributed by atoms with Crippen molar-refractivity contribution in [3.63, 3.8) is 0 Å². The Morgan fingerprint density at radius 2 is 2.33 bits per heavy atom. The van der Waals surface area contributed by atoms with Crippen molar-refractivity contribution in [1.29, 1.82) is 0 Å². The number of hydrogen-bond donors (Lipinski definition) is 1. The van der Waals surface area contributed by atoms with Gasteiger partial charge in [0, 0.05) is 5.69 Å². The molecule has 1 amide bonds. The van der Waals surface area contributed by atoms with Crippen LogP contribution >= 0.6 is 23.1 Å². The molecule has 0 aliphatic carbocycles. The summed E-state index contributed by atoms with van der Waals surface area (Å²) in [5.74, 6) is -0.840. The van der Waals surface area contributed by atoms with Crippen LogP contribution in [0.5, 0.6) is 0 Å². The minimum absolute atomic E-state index is 0.0362. The van der Waals surface area contributed by atoms with Crippen LogP contribution in [0.1, 0.15) is 22.3 Å². The van der Waals surface area contributed by atoms with Gasteiger partial charge in [0.2, 0.25) is 0 Å². The maximum atomic E-state index is 13.0. The second-order valence-corrected chi connectivity index (χ2v) is 4.65. The summed E-state index contributed by atoms with van der Waals surface area (Å²) in [4.78, 5) is 12.4. The van der Waals surface area contributed by atoms with Crippen molar-refractivity contribution in [2.24, 2.45) is 0 Å². The Balaban J connectivity index is 2.19. The van der Waals surface area contributed by atoms with Crippen LogP contribution in [0.4, 0.5) is 10.1 Å². The van der Waals surface area contributed by atoms with Crippen LogP contribution in [0.3, 0.4) is 0 Å². The van der Waals surface area contributed by atoms with Gasteiger partial charge in [-0.2, -0.15) is 0 Å². The van der Waals surface area contributed by atoms with Gasteiger partial charge in [-0.25, -0.2) is 4.39 Å². The first kappa shape index (κ1) is 12.9. The maximum Gasteiger partial charge on any atom is 0.269 e. The first-order chi connectivity index (χ1) is 8.61. The monoisotopic (exact) mass is 285 g/mol. The van der Waals surface area contributed by atoms with Gasteiger partial charge in [0.1, 0.15) is 10.7 Å². The van der Waals surface area contributed by atoms with Gasteiger partial charge in [0.25, 0.3) is 5.91 Å². The molecular formula is C11H9ClFN3OS. The van der Waals surface area contributed by atoms with Crippen LogP contribution in [0.2, 0.25) is 5.02 Å². The number of carbonyl (C=O) groups is 1. The quantitative estimate of drug-likeness (QED) is 0.942. The zero-order valence-corrected chi connectivity index (χ0v) is 11.0. The van der Waals surface area contributed by atoms with Crippen LogP contribution < -0.4 is 5.32 Å². The molecule has 0 bridgehead atoms. The third-order valence-electron chi connectivity index (χ3n) is 2.27. The summed E-state index contributed by atoms with van der Waals surface area (Å²) in [5.41, 5.74) is 1.08. The van der Waals surface area contributed by atoms with Gasteiger partial charge in [-0.05, 0) is 36.2 Å². The lowest BCUT2D eigenvalue weighted by molar-refractivity contribution is 0.102. The van der Waals surface area contributed by atoms with Crippen molar-refractivity contribution in [2.45, 2.75) is 13.3 Å². The Bertz CT molecular complexity index is 587. The first-order valence-electron chi connectivity index (χ1n) is 5.19. The highest BCUT2D eigenvalue weighted by Crippen LogP contribution is 2.21. The number of anilines is 1. The summed E-state index contributed by atoms with van der Waals surface area (Å²) in [6.45, 7) is 1.89. The van der Waals surface area contributed by atoms with Gasteiger partial charge >= 0.3 is 0 Å². The van der Waals surface area contributed by atoms with E-state index in [1.54, 1.807) is 0 Å². The van der Waals surface area contributed by atoms with E-state index in [-0.39, 0.29) is 10.9 Å². The summed E-state index contributed by atoms with van der Waals surface area (Å²) >= 11 is 6.66. The van der Waals surface area contributed by atoms with Gasteiger partial charge < -0.3 is 5.32 Å². The van der Waals surface area contributed by atoms with Crippen LogP contribution in [0.15, 0.2) is 18.2 Å². The fourth-order valence-electron chi connectivity index (χ4n) is 1.37. The highest BCUT2D eigenvalue weighted by Gasteiger charge is 2.15. The van der Waals surface area contributed by atoms with Crippen molar-refractivity contribution >= 4 is 34.7 Å². The van der Waals surface area contributed by atoms with E-state index >= 15 is 0 Å². The number of aryl methyl sites for hydroxylation is 1. The number of rotatable bonds is 3. The van der Waals surface area contributed by atoms with Crippen LogP contribution in [0.25, 0.3) is 0 Å². The Morgan fingerprint density at radius 1 is 1.56 bits per heavy atom. The van der Waals surface area contributed by atoms with Gasteiger partial charge in [0.05, 0.1) is 10.7 Å². The summed E-state index contributed by atoms with van der Waals surface area (Å²) in [6.07, 6.45) is 0.628. The highest BCUT2D eigenvalue weighted by atomic mass is 35.5. The Morgan fingerprint density at radius 3 is 3.00 bits per heavy atom. The molecule has 18 heavy (non-hydrogen) atoms. The molecule has 0 atom stereocenters. The number of nitrogens with zero attached hydrogens (tertiary/aromatic N) is 2. The van der Waals surface area contributed by atoms with E-state index < -0.39 is 5.82 Å². The maximum absolute atomic E-state index is 13.0. The number of nitrogens with one attached hydrogen (secondary N) is 1. The second-order valence-electron chi connectivity index (χ2n) is 3.49. The zero-order chi connectivity index (χ0) is 13.1. The van der Waals surface area contributed by atoms with E-state index in [2.05, 4.69) is 14.9 Å². The smallest absolute Gasteiger partial charge is 0.269 e. The van der Waals surface area contributed by atoms with Crippen LogP contribution in [0, 0.1) is 5.82 Å². The van der Waals surface area contributed by atoms with Crippen LogP contribution in [-0.2, 0) is 6.42 Å². The first-order valence-corrected chi connectivity index (χ1v) is 6.34. The molecule has 1 N–H and O–H groups in total. The fraction of sp³-hybridized carbons (Fsp3) is 0.182. The third kappa shape index (κ3) is 2.65. The number of halogens is 2. The zero-order valence-electron chi connectivity index (χ0n) is 9.41. The molecule has 94 valence electrons. The predicted octanol–water partition coefficient (Wildman–Crippen LogP) is 3.15. The molecule has 1 heterocycles. The Labute approximate surface area is 112 Å². The standard InChI is InChI=1S/C11H9ClFN3OS/c1-2-9-10(18-16-15-9)11(17)14-6-3-4-8(13)7(12)5-6/h3-5H,2H2,1H3,(H,14,17). The molecule has 0 aliphatic rings. The molecule has 0 spiro atoms. The topological polar surface area (TPSA) is 54.9 Å². The SMILES string of the molecule is CCc1nnsc1C(=O)Nc1ccc(F)c(Cl)c1. The summed E-state index contributed by atoms with van der Waals surface area (Å²) < 4.78 is 16.7. The number of hydrogen-bond acceptors (Lipinski definition) is 4. The summed E-state index contributed by atoms with van der Waals surface area (Å²) in [5, 5.41) is 6.44. The minimum Gasteiger partial charge on any atom is -0.321 e. The molecule has 4 nitrogen and oxygen atoms in total. The normalized spacial score (nSPS) is 10.4. The second kappa shape index (κ2) is 5.41. The van der Waals surface area contributed by atoms with Gasteiger partial charge in [-0.15, -0.1) is 5.10 Å². The molecule has 1 aromatic heterocycles. The molecule has 0 saturated carbocycles. The third-order valence-corrected chi connectivity index (χ3v) is 3.33. The number of benzene rings is 1. The lowest BCUT2D eigenvalue weighted by atomic mass is 10.2. The average Bonchev–Trinajstić information content (AvgIpc) is 2.82. The van der Waals surface area contributed by atoms with Crippen molar-refractivity contribution in [2.75, 3.05) is 5.32 Å². The van der Waals surface area contributed by atoms with Gasteiger partial charge in [-0.3, -0.25) is 4.79 Å². The van der Waals surface area contributed by atoms with E-state index in [0.717, 1.165) is 11.5 Å². The van der Waals surface area contributed by atoms with Gasteiger partial charge in [0.15, 0.2) is 0 Å². The molecule has 0 fully saturated rings. The molecule has 0 unspecified atom stereocenters. The molecule has 2 rings (SSSR count). The minimum atomic E-state index is -0.525. The van der Waals surface area contributed by atoms with Gasteiger partial charge in [-0.1, -0.05) is 23.0 Å². The van der Waals surface area contributed by atoms with E-state index in [1.807, 2.05) is 6.92 Å². The van der Waals surface area contributed by atoms with Crippen molar-refractivity contribution in [3.8, 4) is 0 Å². The van der Waals surface area contributed by atoms with Crippen molar-refractivity contribution in [3.05, 3.63) is 39.6 Å². The van der Waals surface area contributed by atoms with Crippen molar-refractivity contribution < 1.29 is 9.18 Å².